The van der Waals surface area contributed by atoms with Crippen molar-refractivity contribution in [3.05, 3.63) is 22.3 Å². The molecule has 0 fully saturated rings. The van der Waals surface area contributed by atoms with Gasteiger partial charge in [0.1, 0.15) is 0 Å². The predicted molar refractivity (Wildman–Crippen MR) is 111 cm³/mol. The molecule has 2 heteroatoms. The number of hydrogen-bond acceptors (Lipinski definition) is 0. The summed E-state index contributed by atoms with van der Waals surface area (Å²) in [6, 6.07) is 1.32. The summed E-state index contributed by atoms with van der Waals surface area (Å²) in [5, 5.41) is 0. The van der Waals surface area contributed by atoms with Crippen LogP contribution < -0.4 is 0 Å². The molecule has 0 nitrogen and oxygen atoms in total. The van der Waals surface area contributed by atoms with Crippen LogP contribution in [0, 0.1) is 0 Å². The first-order valence-electron chi connectivity index (χ1n) is 9.73. The van der Waals surface area contributed by atoms with Crippen LogP contribution in [0.1, 0.15) is 59.3 Å². The van der Waals surface area contributed by atoms with Gasteiger partial charge in [-0.05, 0) is 0 Å². The van der Waals surface area contributed by atoms with Gasteiger partial charge in [-0.1, -0.05) is 0 Å². The molecule has 0 aromatic rings. The van der Waals surface area contributed by atoms with E-state index >= 15 is 0 Å². The maximum absolute atomic E-state index is 2.77. The van der Waals surface area contributed by atoms with E-state index in [1.54, 1.807) is 13.3 Å². The first kappa shape index (κ1) is 22.5. The Bertz CT molecular complexity index is 290. The van der Waals surface area contributed by atoms with Crippen LogP contribution in [0.5, 0.6) is 0 Å². The minimum absolute atomic E-state index is 0.920. The Kier molecular flexibility index (Phi) is 13.2. The van der Waals surface area contributed by atoms with E-state index in [1.807, 2.05) is 0 Å². The molecule has 0 aliphatic rings. The van der Waals surface area contributed by atoms with Crippen LogP contribution in [0.2, 0.25) is 39.0 Å². The maximum atomic E-state index is 2.77. The van der Waals surface area contributed by atoms with E-state index in [4.69, 9.17) is 0 Å². The van der Waals surface area contributed by atoms with Gasteiger partial charge in [0.25, 0.3) is 0 Å². The molecule has 0 unspecified atom stereocenters. The fraction of sp³-hybridized carbons (Fsp3) is 0.800. The van der Waals surface area contributed by atoms with Crippen molar-refractivity contribution in [3.63, 3.8) is 0 Å². The second kappa shape index (κ2) is 12.9. The number of unbranched alkanes of at least 4 members (excludes halogenated alkanes) is 3. The predicted octanol–water partition coefficient (Wildman–Crippen LogP) is 7.83. The summed E-state index contributed by atoms with van der Waals surface area (Å²) in [6.07, 6.45) is 15.8. The molecular formula is C20H42SiSn. The van der Waals surface area contributed by atoms with Gasteiger partial charge in [0.15, 0.2) is 0 Å². The monoisotopic (exact) mass is 430 g/mol. The quantitative estimate of drug-likeness (QED) is 0.207. The molecule has 0 amide bonds. The zero-order chi connectivity index (χ0) is 16.9. The molecule has 0 bridgehead atoms. The van der Waals surface area contributed by atoms with Gasteiger partial charge in [0, 0.05) is 0 Å². The minimum atomic E-state index is -2.01. The van der Waals surface area contributed by atoms with Crippen LogP contribution >= 0.6 is 0 Å². The topological polar surface area (TPSA) is 0 Å². The van der Waals surface area contributed by atoms with Crippen molar-refractivity contribution in [1.82, 2.24) is 0 Å². The SMILES string of the molecule is CCC[CH2][Sn](/[CH]=C/C=C/C[Si](C)(C)C)([CH2]CCC)[CH2]CCC. The van der Waals surface area contributed by atoms with Crippen LogP contribution in [-0.4, -0.2) is 26.5 Å². The Morgan fingerprint density at radius 3 is 1.55 bits per heavy atom. The summed E-state index contributed by atoms with van der Waals surface area (Å²) in [4.78, 5) is 0. The molecule has 0 saturated carbocycles. The number of hydrogen-bond donors (Lipinski definition) is 0. The molecule has 0 saturated heterocycles. The van der Waals surface area contributed by atoms with E-state index in [9.17, 15) is 0 Å². The second-order valence-electron chi connectivity index (χ2n) is 8.23. The first-order valence-corrected chi connectivity index (χ1v) is 21.1. The normalized spacial score (nSPS) is 13.5. The molecule has 0 aromatic carbocycles. The average Bonchev–Trinajstić information content (AvgIpc) is 2.46. The molecule has 0 aromatic heterocycles. The number of allylic oxidation sites excluding steroid dienone is 3. The molecule has 0 radical (unpaired) electrons. The Morgan fingerprint density at radius 1 is 0.727 bits per heavy atom. The molecule has 0 heterocycles. The zero-order valence-electron chi connectivity index (χ0n) is 16.4. The molecule has 22 heavy (non-hydrogen) atoms. The van der Waals surface area contributed by atoms with Crippen molar-refractivity contribution >= 4 is 26.5 Å². The third kappa shape index (κ3) is 12.0. The first-order chi connectivity index (χ1) is 10.4. The molecule has 0 aliphatic heterocycles. The van der Waals surface area contributed by atoms with Crippen molar-refractivity contribution in [2.45, 2.75) is 98.3 Å². The molecule has 130 valence electrons. The molecule has 0 spiro atoms. The standard InChI is InChI=1S/C8H15Si.3C4H9.Sn/c1-5-6-7-8-9(2,3)4;3*1-3-4-2;/h1,5-7H,8H2,2-4H3;3*1,3-4H2,2H3;/b5-1?,7-6+;;;;. The van der Waals surface area contributed by atoms with E-state index in [0.29, 0.717) is 0 Å². The second-order valence-corrected chi connectivity index (χ2v) is 26.8. The van der Waals surface area contributed by atoms with Gasteiger partial charge in [-0.3, -0.25) is 0 Å². The Morgan fingerprint density at radius 2 is 1.18 bits per heavy atom. The molecule has 0 aliphatic carbocycles. The van der Waals surface area contributed by atoms with Crippen molar-refractivity contribution in [3.8, 4) is 0 Å². The van der Waals surface area contributed by atoms with Crippen molar-refractivity contribution in [1.29, 1.82) is 0 Å². The van der Waals surface area contributed by atoms with Gasteiger partial charge >= 0.3 is 147 Å². The average molecular weight is 429 g/mol. The Labute approximate surface area is 146 Å². The summed E-state index contributed by atoms with van der Waals surface area (Å²) < 4.78 is 7.53. The van der Waals surface area contributed by atoms with Gasteiger partial charge < -0.3 is 0 Å². The van der Waals surface area contributed by atoms with Crippen molar-refractivity contribution in [2.75, 3.05) is 0 Å². The Balaban J connectivity index is 4.83. The molecule has 0 N–H and O–H groups in total. The van der Waals surface area contributed by atoms with Crippen LogP contribution in [-0.2, 0) is 0 Å². The fourth-order valence-corrected chi connectivity index (χ4v) is 17.9. The van der Waals surface area contributed by atoms with E-state index in [0.717, 1.165) is 0 Å². The summed E-state index contributed by atoms with van der Waals surface area (Å²) in [7, 11) is -0.920. The molecule has 0 rings (SSSR count). The van der Waals surface area contributed by atoms with Gasteiger partial charge in [0.05, 0.1) is 0 Å². The third-order valence-electron chi connectivity index (χ3n) is 4.51. The van der Waals surface area contributed by atoms with E-state index in [-0.39, 0.29) is 0 Å². The van der Waals surface area contributed by atoms with Gasteiger partial charge in [0.2, 0.25) is 0 Å². The van der Waals surface area contributed by atoms with Crippen molar-refractivity contribution < 1.29 is 0 Å². The van der Waals surface area contributed by atoms with Crippen LogP contribution in [0.4, 0.5) is 0 Å². The summed E-state index contributed by atoms with van der Waals surface area (Å²) in [5.74, 6) is 0. The van der Waals surface area contributed by atoms with Crippen molar-refractivity contribution in [2.24, 2.45) is 0 Å². The summed E-state index contributed by atoms with van der Waals surface area (Å²) in [6.45, 7) is 14.4. The van der Waals surface area contributed by atoms with E-state index < -0.39 is 26.5 Å². The van der Waals surface area contributed by atoms with Gasteiger partial charge in [-0.25, -0.2) is 0 Å². The number of rotatable bonds is 13. The summed E-state index contributed by atoms with van der Waals surface area (Å²) >= 11 is -2.01. The van der Waals surface area contributed by atoms with Crippen LogP contribution in [0.15, 0.2) is 22.3 Å². The van der Waals surface area contributed by atoms with Crippen LogP contribution in [0.25, 0.3) is 0 Å². The fourth-order valence-electron chi connectivity index (χ4n) is 2.97. The third-order valence-corrected chi connectivity index (χ3v) is 20.1. The van der Waals surface area contributed by atoms with Gasteiger partial charge in [-0.15, -0.1) is 0 Å². The zero-order valence-corrected chi connectivity index (χ0v) is 20.2. The molecule has 0 atom stereocenters. The van der Waals surface area contributed by atoms with Gasteiger partial charge in [-0.2, -0.15) is 0 Å². The van der Waals surface area contributed by atoms with Crippen LogP contribution in [0.3, 0.4) is 0 Å². The Hall–Kier alpha value is 0.496. The molecular weight excluding hydrogens is 387 g/mol. The van der Waals surface area contributed by atoms with E-state index in [1.165, 1.54) is 44.6 Å². The van der Waals surface area contributed by atoms with E-state index in [2.05, 4.69) is 62.7 Å². The summed E-state index contributed by atoms with van der Waals surface area (Å²) in [5.41, 5.74) is 0.